The van der Waals surface area contributed by atoms with Crippen LogP contribution in [-0.4, -0.2) is 11.6 Å². The van der Waals surface area contributed by atoms with Crippen LogP contribution in [-0.2, 0) is 12.8 Å². The van der Waals surface area contributed by atoms with E-state index in [0.29, 0.717) is 0 Å². The standard InChI is InChI=1S/C16H19N3O/c17-19-15(5-4-12-6-9-18-10-7-12)14-3-1-2-13-8-11-20-16(13)14/h1-3,6-7,9-10,15,19H,4-5,8,11,17H2. The van der Waals surface area contributed by atoms with Crippen molar-refractivity contribution < 1.29 is 4.74 Å². The normalized spacial score (nSPS) is 14.7. The number of pyridine rings is 1. The molecule has 2 aromatic rings. The first-order valence-electron chi connectivity index (χ1n) is 6.98. The van der Waals surface area contributed by atoms with Crippen molar-refractivity contribution in [3.05, 3.63) is 59.4 Å². The van der Waals surface area contributed by atoms with E-state index in [1.54, 1.807) is 0 Å². The van der Waals surface area contributed by atoms with Gasteiger partial charge in [-0.3, -0.25) is 16.3 Å². The zero-order valence-corrected chi connectivity index (χ0v) is 11.4. The molecule has 1 aliphatic rings. The predicted octanol–water partition coefficient (Wildman–Crippen LogP) is 2.15. The van der Waals surface area contributed by atoms with Gasteiger partial charge in [-0.15, -0.1) is 0 Å². The highest BCUT2D eigenvalue weighted by Gasteiger charge is 2.21. The number of aryl methyl sites for hydroxylation is 1. The number of nitrogens with one attached hydrogen (secondary N) is 1. The number of nitrogens with two attached hydrogens (primary N) is 1. The number of nitrogens with zero attached hydrogens (tertiary/aromatic N) is 1. The van der Waals surface area contributed by atoms with Crippen LogP contribution in [0.25, 0.3) is 0 Å². The minimum absolute atomic E-state index is 0.108. The van der Waals surface area contributed by atoms with Crippen LogP contribution in [0, 0.1) is 0 Å². The maximum atomic E-state index is 5.76. The highest BCUT2D eigenvalue weighted by Crippen LogP contribution is 2.34. The van der Waals surface area contributed by atoms with E-state index in [1.165, 1.54) is 11.1 Å². The van der Waals surface area contributed by atoms with E-state index in [1.807, 2.05) is 24.5 Å². The molecule has 0 radical (unpaired) electrons. The van der Waals surface area contributed by atoms with Crippen molar-refractivity contribution in [1.29, 1.82) is 0 Å². The van der Waals surface area contributed by atoms with E-state index in [-0.39, 0.29) is 6.04 Å². The van der Waals surface area contributed by atoms with Crippen LogP contribution in [0.3, 0.4) is 0 Å². The Morgan fingerprint density at radius 2 is 2.10 bits per heavy atom. The summed E-state index contributed by atoms with van der Waals surface area (Å²) >= 11 is 0. The molecule has 0 saturated carbocycles. The Labute approximate surface area is 119 Å². The summed E-state index contributed by atoms with van der Waals surface area (Å²) in [6.07, 6.45) is 6.53. The van der Waals surface area contributed by atoms with Gasteiger partial charge in [-0.25, -0.2) is 0 Å². The highest BCUT2D eigenvalue weighted by atomic mass is 16.5. The second-order valence-corrected chi connectivity index (χ2v) is 5.05. The van der Waals surface area contributed by atoms with Crippen molar-refractivity contribution in [2.45, 2.75) is 25.3 Å². The lowest BCUT2D eigenvalue weighted by atomic mass is 9.97. The van der Waals surface area contributed by atoms with E-state index in [0.717, 1.165) is 37.2 Å². The third-order valence-electron chi connectivity index (χ3n) is 3.79. The lowest BCUT2D eigenvalue weighted by Gasteiger charge is -2.19. The van der Waals surface area contributed by atoms with Gasteiger partial charge in [0, 0.05) is 30.4 Å². The number of hydrogen-bond acceptors (Lipinski definition) is 4. The van der Waals surface area contributed by atoms with Gasteiger partial charge in [0.25, 0.3) is 0 Å². The second-order valence-electron chi connectivity index (χ2n) is 5.05. The van der Waals surface area contributed by atoms with Crippen LogP contribution >= 0.6 is 0 Å². The first kappa shape index (κ1) is 13.1. The molecule has 1 aromatic carbocycles. The molecule has 4 heteroatoms. The molecular weight excluding hydrogens is 250 g/mol. The Bertz CT molecular complexity index is 571. The molecule has 1 aliphatic heterocycles. The average Bonchev–Trinajstić information content (AvgIpc) is 2.98. The predicted molar refractivity (Wildman–Crippen MR) is 78.3 cm³/mol. The third kappa shape index (κ3) is 2.66. The molecule has 0 amide bonds. The van der Waals surface area contributed by atoms with E-state index in [2.05, 4.69) is 28.6 Å². The second kappa shape index (κ2) is 6.03. The molecule has 0 bridgehead atoms. The molecule has 4 nitrogen and oxygen atoms in total. The first-order chi connectivity index (χ1) is 9.88. The number of benzene rings is 1. The Morgan fingerprint density at radius 3 is 2.90 bits per heavy atom. The fraction of sp³-hybridized carbons (Fsp3) is 0.312. The summed E-state index contributed by atoms with van der Waals surface area (Å²) in [6, 6.07) is 10.5. The fourth-order valence-electron chi connectivity index (χ4n) is 2.70. The van der Waals surface area contributed by atoms with Gasteiger partial charge in [0.1, 0.15) is 5.75 Å². The molecule has 2 heterocycles. The Hall–Kier alpha value is -1.91. The zero-order chi connectivity index (χ0) is 13.8. The number of aromatic nitrogens is 1. The number of hydrogen-bond donors (Lipinski definition) is 2. The fourth-order valence-corrected chi connectivity index (χ4v) is 2.70. The van der Waals surface area contributed by atoms with Crippen molar-refractivity contribution in [3.63, 3.8) is 0 Å². The number of hydrazine groups is 1. The Kier molecular flexibility index (Phi) is 3.95. The SMILES string of the molecule is NNC(CCc1ccncc1)c1cccc2c1OCC2. The monoisotopic (exact) mass is 269 g/mol. The minimum atomic E-state index is 0.108. The largest absolute Gasteiger partial charge is 0.493 e. The van der Waals surface area contributed by atoms with Crippen molar-refractivity contribution in [2.75, 3.05) is 6.61 Å². The molecule has 1 unspecified atom stereocenters. The quantitative estimate of drug-likeness (QED) is 0.645. The van der Waals surface area contributed by atoms with Crippen LogP contribution in [0.15, 0.2) is 42.7 Å². The van der Waals surface area contributed by atoms with Crippen molar-refractivity contribution in [3.8, 4) is 5.75 Å². The van der Waals surface area contributed by atoms with Gasteiger partial charge >= 0.3 is 0 Å². The van der Waals surface area contributed by atoms with E-state index >= 15 is 0 Å². The van der Waals surface area contributed by atoms with Crippen LogP contribution in [0.1, 0.15) is 29.2 Å². The number of fused-ring (bicyclic) bond motifs is 1. The topological polar surface area (TPSA) is 60.2 Å². The molecule has 1 atom stereocenters. The van der Waals surface area contributed by atoms with Crippen molar-refractivity contribution >= 4 is 0 Å². The lowest BCUT2D eigenvalue weighted by Crippen LogP contribution is -2.28. The van der Waals surface area contributed by atoms with Gasteiger partial charge in [0.15, 0.2) is 0 Å². The van der Waals surface area contributed by atoms with Gasteiger partial charge in [0.2, 0.25) is 0 Å². The van der Waals surface area contributed by atoms with E-state index in [4.69, 9.17) is 10.6 Å². The summed E-state index contributed by atoms with van der Waals surface area (Å²) in [7, 11) is 0. The van der Waals surface area contributed by atoms with Crippen LogP contribution in [0.2, 0.25) is 0 Å². The van der Waals surface area contributed by atoms with E-state index < -0.39 is 0 Å². The zero-order valence-electron chi connectivity index (χ0n) is 11.4. The molecule has 0 spiro atoms. The molecule has 0 aliphatic carbocycles. The molecule has 104 valence electrons. The minimum Gasteiger partial charge on any atom is -0.493 e. The van der Waals surface area contributed by atoms with Crippen LogP contribution in [0.5, 0.6) is 5.75 Å². The van der Waals surface area contributed by atoms with Gasteiger partial charge in [0.05, 0.1) is 6.61 Å². The summed E-state index contributed by atoms with van der Waals surface area (Å²) in [5.41, 5.74) is 6.64. The van der Waals surface area contributed by atoms with E-state index in [9.17, 15) is 0 Å². The number of rotatable bonds is 5. The van der Waals surface area contributed by atoms with Crippen LogP contribution in [0.4, 0.5) is 0 Å². The molecular formula is C16H19N3O. The van der Waals surface area contributed by atoms with Gasteiger partial charge in [-0.2, -0.15) is 0 Å². The smallest absolute Gasteiger partial charge is 0.127 e. The molecule has 1 aromatic heterocycles. The van der Waals surface area contributed by atoms with Gasteiger partial charge < -0.3 is 4.74 Å². The average molecular weight is 269 g/mol. The van der Waals surface area contributed by atoms with Gasteiger partial charge in [-0.05, 0) is 36.1 Å². The summed E-state index contributed by atoms with van der Waals surface area (Å²) < 4.78 is 5.76. The molecule has 20 heavy (non-hydrogen) atoms. The highest BCUT2D eigenvalue weighted by molar-refractivity contribution is 5.45. The van der Waals surface area contributed by atoms with Crippen LogP contribution < -0.4 is 16.0 Å². The molecule has 3 rings (SSSR count). The summed E-state index contributed by atoms with van der Waals surface area (Å²) in [6.45, 7) is 0.772. The summed E-state index contributed by atoms with van der Waals surface area (Å²) in [5.74, 6) is 6.76. The Balaban J connectivity index is 1.75. The number of ether oxygens (including phenoxy) is 1. The maximum absolute atomic E-state index is 5.76. The van der Waals surface area contributed by atoms with Crippen molar-refractivity contribution in [1.82, 2.24) is 10.4 Å². The Morgan fingerprint density at radius 1 is 1.25 bits per heavy atom. The number of para-hydroxylation sites is 1. The van der Waals surface area contributed by atoms with Gasteiger partial charge in [-0.1, -0.05) is 18.2 Å². The summed E-state index contributed by atoms with van der Waals surface area (Å²) in [5, 5.41) is 0. The maximum Gasteiger partial charge on any atom is 0.127 e. The molecule has 0 fully saturated rings. The lowest BCUT2D eigenvalue weighted by molar-refractivity contribution is 0.347. The van der Waals surface area contributed by atoms with Crippen molar-refractivity contribution in [2.24, 2.45) is 5.84 Å². The molecule has 0 saturated heterocycles. The third-order valence-corrected chi connectivity index (χ3v) is 3.79. The molecule has 3 N–H and O–H groups in total. The summed E-state index contributed by atoms with van der Waals surface area (Å²) in [4.78, 5) is 4.04. The first-order valence-corrected chi connectivity index (χ1v) is 6.98.